The number of ketones is 1. The molecule has 0 aromatic heterocycles. The third kappa shape index (κ3) is 3.95. The highest BCUT2D eigenvalue weighted by Gasteiger charge is 2.11. The van der Waals surface area contributed by atoms with Gasteiger partial charge in [-0.3, -0.25) is 4.79 Å². The van der Waals surface area contributed by atoms with Crippen LogP contribution in [0.2, 0.25) is 5.02 Å². The first-order chi connectivity index (χ1) is 10.0. The average Bonchev–Trinajstić information content (AvgIpc) is 2.46. The van der Waals surface area contributed by atoms with Gasteiger partial charge in [0.25, 0.3) is 0 Å². The maximum Gasteiger partial charge on any atom is 0.200 e. The second kappa shape index (κ2) is 6.91. The van der Waals surface area contributed by atoms with Crippen molar-refractivity contribution in [3.63, 3.8) is 0 Å². The van der Waals surface area contributed by atoms with Crippen molar-refractivity contribution in [3.8, 4) is 11.5 Å². The molecule has 0 heterocycles. The second-order valence-electron chi connectivity index (χ2n) is 4.14. The number of halogens is 3. The Morgan fingerprint density at radius 2 is 1.95 bits per heavy atom. The maximum atomic E-state index is 12.9. The number of Topliss-reactive ketones (excluding diaryl/α,β-unsaturated/α-hetero) is 1. The standard InChI is InChI=1S/C15H11BrClFO3/c1-20-15-4-2-9(6-12(15)17)13(19)8-21-14-5-3-10(18)7-11(14)16/h2-7H,8H2,1H3. The summed E-state index contributed by atoms with van der Waals surface area (Å²) < 4.78 is 23.8. The maximum absolute atomic E-state index is 12.9. The Morgan fingerprint density at radius 3 is 2.57 bits per heavy atom. The number of ether oxygens (including phenoxy) is 2. The monoisotopic (exact) mass is 372 g/mol. The van der Waals surface area contributed by atoms with Gasteiger partial charge in [-0.2, -0.15) is 0 Å². The molecule has 0 aliphatic heterocycles. The van der Waals surface area contributed by atoms with Gasteiger partial charge in [-0.05, 0) is 52.3 Å². The van der Waals surface area contributed by atoms with Crippen LogP contribution in [-0.2, 0) is 0 Å². The van der Waals surface area contributed by atoms with Crippen molar-refractivity contribution >= 4 is 33.3 Å². The Labute approximate surface area is 134 Å². The lowest BCUT2D eigenvalue weighted by atomic mass is 10.1. The van der Waals surface area contributed by atoms with Gasteiger partial charge in [0.1, 0.15) is 17.3 Å². The Hall–Kier alpha value is -1.59. The second-order valence-corrected chi connectivity index (χ2v) is 5.40. The summed E-state index contributed by atoms with van der Waals surface area (Å²) in [6, 6.07) is 8.72. The molecule has 0 radical (unpaired) electrons. The lowest BCUT2D eigenvalue weighted by molar-refractivity contribution is 0.0921. The smallest absolute Gasteiger partial charge is 0.200 e. The van der Waals surface area contributed by atoms with Crippen molar-refractivity contribution in [3.05, 3.63) is 57.3 Å². The summed E-state index contributed by atoms with van der Waals surface area (Å²) in [4.78, 5) is 12.0. The Bertz CT molecular complexity index is 676. The van der Waals surface area contributed by atoms with Crippen LogP contribution in [0.1, 0.15) is 10.4 Å². The molecule has 3 nitrogen and oxygen atoms in total. The summed E-state index contributed by atoms with van der Waals surface area (Å²) in [5.41, 5.74) is 0.416. The minimum atomic E-state index is -0.387. The summed E-state index contributed by atoms with van der Waals surface area (Å²) in [7, 11) is 1.50. The molecule has 0 aliphatic carbocycles. The van der Waals surface area contributed by atoms with E-state index >= 15 is 0 Å². The van der Waals surface area contributed by atoms with Gasteiger partial charge < -0.3 is 9.47 Å². The molecule has 2 aromatic carbocycles. The van der Waals surface area contributed by atoms with E-state index in [0.29, 0.717) is 26.6 Å². The number of benzene rings is 2. The van der Waals surface area contributed by atoms with E-state index in [1.807, 2.05) is 0 Å². The minimum absolute atomic E-state index is 0.174. The summed E-state index contributed by atoms with van der Waals surface area (Å²) in [5.74, 6) is 0.262. The average molecular weight is 374 g/mol. The van der Waals surface area contributed by atoms with Crippen LogP contribution < -0.4 is 9.47 Å². The molecule has 0 spiro atoms. The van der Waals surface area contributed by atoms with Crippen molar-refractivity contribution in [2.24, 2.45) is 0 Å². The largest absolute Gasteiger partial charge is 0.495 e. The summed E-state index contributed by atoms with van der Waals surface area (Å²) in [6.07, 6.45) is 0. The van der Waals surface area contributed by atoms with Gasteiger partial charge >= 0.3 is 0 Å². The Kier molecular flexibility index (Phi) is 5.20. The molecule has 0 unspecified atom stereocenters. The summed E-state index contributed by atoms with van der Waals surface area (Å²) >= 11 is 9.14. The zero-order valence-corrected chi connectivity index (χ0v) is 13.4. The fourth-order valence-corrected chi connectivity index (χ4v) is 2.38. The van der Waals surface area contributed by atoms with Crippen LogP contribution in [0.15, 0.2) is 40.9 Å². The van der Waals surface area contributed by atoms with Gasteiger partial charge in [0.2, 0.25) is 0 Å². The van der Waals surface area contributed by atoms with Crippen molar-refractivity contribution in [2.75, 3.05) is 13.7 Å². The van der Waals surface area contributed by atoms with Crippen molar-refractivity contribution in [1.82, 2.24) is 0 Å². The molecule has 2 rings (SSSR count). The van der Waals surface area contributed by atoms with E-state index in [9.17, 15) is 9.18 Å². The number of rotatable bonds is 5. The van der Waals surface area contributed by atoms with Gasteiger partial charge in [0, 0.05) is 5.56 Å². The van der Waals surface area contributed by atoms with Gasteiger partial charge in [-0.15, -0.1) is 0 Å². The molecule has 21 heavy (non-hydrogen) atoms. The third-order valence-electron chi connectivity index (χ3n) is 2.73. The SMILES string of the molecule is COc1ccc(C(=O)COc2ccc(F)cc2Br)cc1Cl. The lowest BCUT2D eigenvalue weighted by Crippen LogP contribution is -2.12. The molecular formula is C15H11BrClFO3. The van der Waals surface area contributed by atoms with E-state index < -0.39 is 0 Å². The van der Waals surface area contributed by atoms with E-state index in [2.05, 4.69) is 15.9 Å². The van der Waals surface area contributed by atoms with E-state index in [-0.39, 0.29) is 18.2 Å². The van der Waals surface area contributed by atoms with Crippen LogP contribution in [0.4, 0.5) is 4.39 Å². The first-order valence-electron chi connectivity index (χ1n) is 5.96. The van der Waals surface area contributed by atoms with E-state index in [4.69, 9.17) is 21.1 Å². The van der Waals surface area contributed by atoms with E-state index in [0.717, 1.165) is 0 Å². The molecule has 0 fully saturated rings. The molecule has 0 atom stereocenters. The van der Waals surface area contributed by atoms with Gasteiger partial charge in [0.05, 0.1) is 16.6 Å². The molecule has 0 amide bonds. The molecule has 0 aliphatic rings. The Morgan fingerprint density at radius 1 is 1.24 bits per heavy atom. The van der Waals surface area contributed by atoms with E-state index in [1.54, 1.807) is 12.1 Å². The highest BCUT2D eigenvalue weighted by molar-refractivity contribution is 9.10. The van der Waals surface area contributed by atoms with Gasteiger partial charge in [-0.25, -0.2) is 4.39 Å². The minimum Gasteiger partial charge on any atom is -0.495 e. The number of carbonyl (C=O) groups excluding carboxylic acids is 1. The predicted molar refractivity (Wildman–Crippen MR) is 81.9 cm³/mol. The first kappa shape index (κ1) is 15.8. The zero-order valence-electron chi connectivity index (χ0n) is 11.0. The first-order valence-corrected chi connectivity index (χ1v) is 7.13. The fourth-order valence-electron chi connectivity index (χ4n) is 1.66. The molecule has 0 saturated heterocycles. The topological polar surface area (TPSA) is 35.5 Å². The molecule has 110 valence electrons. The third-order valence-corrected chi connectivity index (χ3v) is 3.64. The molecule has 0 saturated carbocycles. The summed E-state index contributed by atoms with van der Waals surface area (Å²) in [6.45, 7) is -0.174. The molecular weight excluding hydrogens is 363 g/mol. The number of hydrogen-bond donors (Lipinski definition) is 0. The van der Waals surface area contributed by atoms with Crippen molar-refractivity contribution in [1.29, 1.82) is 0 Å². The predicted octanol–water partition coefficient (Wildman–Crippen LogP) is 4.51. The summed E-state index contributed by atoms with van der Waals surface area (Å²) in [5, 5.41) is 0.353. The normalized spacial score (nSPS) is 10.3. The van der Waals surface area contributed by atoms with Crippen LogP contribution in [-0.4, -0.2) is 19.5 Å². The van der Waals surface area contributed by atoms with Crippen LogP contribution in [0.3, 0.4) is 0 Å². The van der Waals surface area contributed by atoms with Crippen LogP contribution >= 0.6 is 27.5 Å². The quantitative estimate of drug-likeness (QED) is 0.723. The van der Waals surface area contributed by atoms with Crippen LogP contribution in [0, 0.1) is 5.82 Å². The Balaban J connectivity index is 2.06. The molecule has 6 heteroatoms. The molecule has 0 N–H and O–H groups in total. The van der Waals surface area contributed by atoms with Gasteiger partial charge in [-0.1, -0.05) is 11.6 Å². The number of methoxy groups -OCH3 is 1. The fraction of sp³-hybridized carbons (Fsp3) is 0.133. The highest BCUT2D eigenvalue weighted by Crippen LogP contribution is 2.27. The number of carbonyl (C=O) groups is 1. The van der Waals surface area contributed by atoms with Gasteiger partial charge in [0.15, 0.2) is 12.4 Å². The number of hydrogen-bond acceptors (Lipinski definition) is 3. The zero-order chi connectivity index (χ0) is 15.4. The molecule has 0 bridgehead atoms. The lowest BCUT2D eigenvalue weighted by Gasteiger charge is -2.09. The van der Waals surface area contributed by atoms with E-state index in [1.165, 1.54) is 31.4 Å². The molecule has 2 aromatic rings. The van der Waals surface area contributed by atoms with Crippen molar-refractivity contribution < 1.29 is 18.7 Å². The van der Waals surface area contributed by atoms with Crippen molar-refractivity contribution in [2.45, 2.75) is 0 Å². The highest BCUT2D eigenvalue weighted by atomic mass is 79.9. The van der Waals surface area contributed by atoms with Crippen LogP contribution in [0.25, 0.3) is 0 Å². The van der Waals surface area contributed by atoms with Crippen LogP contribution in [0.5, 0.6) is 11.5 Å².